The quantitative estimate of drug-likeness (QED) is 0.545. The molecule has 0 bridgehead atoms. The Labute approximate surface area is 199 Å². The average molecular weight is 462 g/mol. The van der Waals surface area contributed by atoms with Crippen molar-refractivity contribution >= 4 is 31.3 Å². The fraction of sp³-hybridized carbons (Fsp3) is 0.708. The van der Waals surface area contributed by atoms with Gasteiger partial charge in [-0.2, -0.15) is 0 Å². The first-order valence-corrected chi connectivity index (χ1v) is 11.9. The number of hydrogen-bond donors (Lipinski definition) is 1. The lowest BCUT2D eigenvalue weighted by Crippen LogP contribution is -2.49. The lowest BCUT2D eigenvalue weighted by molar-refractivity contribution is 0.00578. The second-order valence-corrected chi connectivity index (χ2v) is 11.5. The smallest absolute Gasteiger partial charge is 0.444 e. The van der Waals surface area contributed by atoms with E-state index in [1.54, 1.807) is 4.90 Å². The minimum atomic E-state index is -0.472. The topological polar surface area (TPSA) is 51.2 Å². The highest BCUT2D eigenvalue weighted by Gasteiger charge is 2.52. The van der Waals surface area contributed by atoms with Gasteiger partial charge in [-0.25, -0.2) is 4.79 Å². The molecule has 2 heterocycles. The van der Waals surface area contributed by atoms with Crippen LogP contribution in [-0.4, -0.2) is 66.0 Å². The average Bonchev–Trinajstić information content (AvgIpc) is 2.88. The zero-order chi connectivity index (χ0) is 24.1. The van der Waals surface area contributed by atoms with Gasteiger partial charge in [0, 0.05) is 37.6 Å². The molecule has 2 fully saturated rings. The molecular formula is C24H39BN2O4S. The van der Waals surface area contributed by atoms with Gasteiger partial charge in [0.1, 0.15) is 5.60 Å². The van der Waals surface area contributed by atoms with E-state index in [-0.39, 0.29) is 17.3 Å². The van der Waals surface area contributed by atoms with Crippen LogP contribution in [0.25, 0.3) is 0 Å². The number of hydrogen-bond acceptors (Lipinski definition) is 6. The predicted molar refractivity (Wildman–Crippen MR) is 132 cm³/mol. The second-order valence-electron chi connectivity index (χ2n) is 11.1. The van der Waals surface area contributed by atoms with Gasteiger partial charge in [-0.3, -0.25) is 4.90 Å². The summed E-state index contributed by atoms with van der Waals surface area (Å²) in [4.78, 5) is 17.5. The van der Waals surface area contributed by atoms with E-state index >= 15 is 0 Å². The summed E-state index contributed by atoms with van der Waals surface area (Å²) in [7, 11) is -0.408. The standard InChI is InChI=1S/C24H39BN2O4S/c1-16-18(15-26-10-12-27(13-11-26)21(28)29-22(3,4)5)14-19(17(2)20(16)32)25-30-23(6,7)24(8,9)31-25/h14,32H,10-13,15H2,1-9H3. The Balaban J connectivity index is 1.73. The fourth-order valence-corrected chi connectivity index (χ4v) is 4.28. The lowest BCUT2D eigenvalue weighted by atomic mass is 9.74. The number of carbonyl (C=O) groups excluding carboxylic acids is 1. The van der Waals surface area contributed by atoms with Crippen LogP contribution in [0.2, 0.25) is 0 Å². The van der Waals surface area contributed by atoms with Crippen LogP contribution in [0.15, 0.2) is 11.0 Å². The maximum atomic E-state index is 12.4. The molecule has 0 aromatic heterocycles. The summed E-state index contributed by atoms with van der Waals surface area (Å²) in [6, 6.07) is 2.22. The van der Waals surface area contributed by atoms with Crippen LogP contribution in [0.5, 0.6) is 0 Å². The monoisotopic (exact) mass is 462 g/mol. The number of ether oxygens (including phenoxy) is 1. The molecule has 2 aliphatic rings. The van der Waals surface area contributed by atoms with Gasteiger partial charge in [0.2, 0.25) is 0 Å². The van der Waals surface area contributed by atoms with E-state index in [9.17, 15) is 4.79 Å². The van der Waals surface area contributed by atoms with E-state index in [0.717, 1.165) is 35.6 Å². The Morgan fingerprint density at radius 2 is 1.59 bits per heavy atom. The first-order chi connectivity index (χ1) is 14.6. The van der Waals surface area contributed by atoms with Crippen LogP contribution in [0, 0.1) is 13.8 Å². The maximum absolute atomic E-state index is 12.4. The van der Waals surface area contributed by atoms with Crippen LogP contribution < -0.4 is 5.46 Å². The van der Waals surface area contributed by atoms with Crippen LogP contribution in [0.1, 0.15) is 65.2 Å². The third-order valence-electron chi connectivity index (χ3n) is 6.88. The molecule has 1 aromatic carbocycles. The minimum Gasteiger partial charge on any atom is -0.444 e. The number of carbonyl (C=O) groups is 1. The maximum Gasteiger partial charge on any atom is 0.495 e. The molecule has 3 rings (SSSR count). The summed E-state index contributed by atoms with van der Waals surface area (Å²) < 4.78 is 18.2. The molecule has 0 unspecified atom stereocenters. The van der Waals surface area contributed by atoms with Gasteiger partial charge in [-0.05, 0) is 84.5 Å². The van der Waals surface area contributed by atoms with Crippen molar-refractivity contribution in [3.63, 3.8) is 0 Å². The van der Waals surface area contributed by atoms with E-state index in [4.69, 9.17) is 26.7 Å². The molecule has 0 radical (unpaired) electrons. The first-order valence-electron chi connectivity index (χ1n) is 11.5. The zero-order valence-corrected chi connectivity index (χ0v) is 22.1. The van der Waals surface area contributed by atoms with Crippen molar-refractivity contribution in [3.05, 3.63) is 22.8 Å². The molecule has 0 saturated carbocycles. The summed E-state index contributed by atoms with van der Waals surface area (Å²) in [5.74, 6) is 0. The van der Waals surface area contributed by atoms with Gasteiger partial charge in [0.15, 0.2) is 0 Å². The molecule has 0 atom stereocenters. The van der Waals surface area contributed by atoms with E-state index < -0.39 is 12.7 Å². The molecule has 0 spiro atoms. The zero-order valence-electron chi connectivity index (χ0n) is 21.2. The van der Waals surface area contributed by atoms with Gasteiger partial charge in [0.25, 0.3) is 0 Å². The molecule has 2 saturated heterocycles. The Bertz CT molecular complexity index is 858. The van der Waals surface area contributed by atoms with Crippen molar-refractivity contribution in [3.8, 4) is 0 Å². The number of nitrogens with zero attached hydrogens (tertiary/aromatic N) is 2. The highest BCUT2D eigenvalue weighted by molar-refractivity contribution is 7.80. The van der Waals surface area contributed by atoms with Crippen LogP contribution in [0.3, 0.4) is 0 Å². The summed E-state index contributed by atoms with van der Waals surface area (Å²) in [5.41, 5.74) is 3.30. The fourth-order valence-electron chi connectivity index (χ4n) is 4.01. The molecule has 6 nitrogen and oxygen atoms in total. The number of rotatable bonds is 3. The summed E-state index contributed by atoms with van der Waals surface area (Å²) >= 11 is 4.83. The molecule has 1 amide bonds. The number of piperazine rings is 1. The van der Waals surface area contributed by atoms with Crippen LogP contribution in [0.4, 0.5) is 4.79 Å². The molecular weight excluding hydrogens is 423 g/mol. The highest BCUT2D eigenvalue weighted by atomic mass is 32.1. The molecule has 0 N–H and O–H groups in total. The van der Waals surface area contributed by atoms with Crippen molar-refractivity contribution in [1.29, 1.82) is 0 Å². The number of benzene rings is 1. The van der Waals surface area contributed by atoms with Crippen molar-refractivity contribution in [1.82, 2.24) is 9.80 Å². The van der Waals surface area contributed by atoms with Crippen molar-refractivity contribution in [2.45, 2.75) is 90.6 Å². The number of thiol groups is 1. The molecule has 0 aliphatic carbocycles. The molecule has 178 valence electrons. The second kappa shape index (κ2) is 8.86. The lowest BCUT2D eigenvalue weighted by Gasteiger charge is -2.36. The SMILES string of the molecule is Cc1c(CN2CCN(C(=O)OC(C)(C)C)CC2)cc(B2OC(C)(C)C(C)(C)O2)c(C)c1S. The predicted octanol–water partition coefficient (Wildman–Crippen LogP) is 3.94. The van der Waals surface area contributed by atoms with Gasteiger partial charge >= 0.3 is 13.2 Å². The third kappa shape index (κ3) is 5.29. The summed E-state index contributed by atoms with van der Waals surface area (Å²) in [6.07, 6.45) is -0.232. The van der Waals surface area contributed by atoms with E-state index in [0.29, 0.717) is 13.1 Å². The van der Waals surface area contributed by atoms with Gasteiger partial charge in [-0.15, -0.1) is 12.6 Å². The largest absolute Gasteiger partial charge is 0.495 e. The Morgan fingerprint density at radius 1 is 1.06 bits per heavy atom. The van der Waals surface area contributed by atoms with E-state index in [2.05, 4.69) is 52.5 Å². The highest BCUT2D eigenvalue weighted by Crippen LogP contribution is 2.37. The Hall–Kier alpha value is -1.22. The normalized spacial score (nSPS) is 21.2. The summed E-state index contributed by atoms with van der Waals surface area (Å²) in [6.45, 7) is 21.9. The van der Waals surface area contributed by atoms with Crippen LogP contribution >= 0.6 is 12.6 Å². The Kier molecular flexibility index (Phi) is 7.03. The van der Waals surface area contributed by atoms with Crippen molar-refractivity contribution < 1.29 is 18.8 Å². The minimum absolute atomic E-state index is 0.232. The van der Waals surface area contributed by atoms with E-state index in [1.165, 1.54) is 11.1 Å². The molecule has 32 heavy (non-hydrogen) atoms. The van der Waals surface area contributed by atoms with Crippen LogP contribution in [-0.2, 0) is 20.6 Å². The van der Waals surface area contributed by atoms with E-state index in [1.807, 2.05) is 20.8 Å². The van der Waals surface area contributed by atoms with Crippen molar-refractivity contribution in [2.24, 2.45) is 0 Å². The number of amides is 1. The Morgan fingerprint density at radius 3 is 2.09 bits per heavy atom. The molecule has 1 aromatic rings. The van der Waals surface area contributed by atoms with Gasteiger partial charge < -0.3 is 18.9 Å². The van der Waals surface area contributed by atoms with Crippen molar-refractivity contribution in [2.75, 3.05) is 26.2 Å². The van der Waals surface area contributed by atoms with Gasteiger partial charge in [0.05, 0.1) is 11.2 Å². The molecule has 8 heteroatoms. The van der Waals surface area contributed by atoms with Gasteiger partial charge in [-0.1, -0.05) is 6.07 Å². The first kappa shape index (κ1) is 25.4. The third-order valence-corrected chi connectivity index (χ3v) is 7.55. The summed E-state index contributed by atoms with van der Waals surface area (Å²) in [5, 5.41) is 0. The molecule has 2 aliphatic heterocycles.